The normalized spacial score (nSPS) is 20.3. The number of fused-ring (bicyclic) bond motifs is 1. The zero-order valence-corrected chi connectivity index (χ0v) is 14.1. The van der Waals surface area contributed by atoms with Crippen molar-refractivity contribution in [1.29, 1.82) is 0 Å². The highest BCUT2D eigenvalue weighted by atomic mass is 32.1. The van der Waals surface area contributed by atoms with Gasteiger partial charge in [0, 0.05) is 22.8 Å². The number of pyridine rings is 1. The summed E-state index contributed by atoms with van der Waals surface area (Å²) in [6, 6.07) is 10.2. The summed E-state index contributed by atoms with van der Waals surface area (Å²) in [6.45, 7) is 0. The molecule has 0 fully saturated rings. The van der Waals surface area contributed by atoms with Crippen LogP contribution in [0.4, 0.5) is 5.82 Å². The molecule has 4 rings (SSSR count). The Balaban J connectivity index is 1.91. The average Bonchev–Trinajstić information content (AvgIpc) is 3.26. The minimum Gasteiger partial charge on any atom is -0.352 e. The fourth-order valence-electron chi connectivity index (χ4n) is 2.67. The Bertz CT molecular complexity index is 811. The lowest BCUT2D eigenvalue weighted by molar-refractivity contribution is 0.529. The third kappa shape index (κ3) is 2.67. The standard InChI is InChI=1S/C16H15N5S2/c1-17-16-14(11-5-3-9-22-11)20-13(12-6-8-19-23-12)10-4-2-7-18-15(10)21-16/h2-9,14,16-17H,1H3,(H,18,21). The first-order valence-corrected chi connectivity index (χ1v) is 8.93. The van der Waals surface area contributed by atoms with Gasteiger partial charge >= 0.3 is 0 Å². The molecular formula is C16H15N5S2. The van der Waals surface area contributed by atoms with Crippen LogP contribution in [-0.4, -0.2) is 28.3 Å². The molecule has 0 amide bonds. The van der Waals surface area contributed by atoms with E-state index < -0.39 is 0 Å². The molecule has 2 N–H and O–H groups in total. The number of nitrogens with one attached hydrogen (secondary N) is 2. The second kappa shape index (κ2) is 6.19. The summed E-state index contributed by atoms with van der Waals surface area (Å²) in [4.78, 5) is 11.9. The number of rotatable bonds is 3. The lowest BCUT2D eigenvalue weighted by atomic mass is 10.1. The predicted octanol–water partition coefficient (Wildman–Crippen LogP) is 3.15. The third-order valence-electron chi connectivity index (χ3n) is 3.76. The topological polar surface area (TPSA) is 62.2 Å². The van der Waals surface area contributed by atoms with Gasteiger partial charge in [0.05, 0.1) is 10.6 Å². The van der Waals surface area contributed by atoms with Gasteiger partial charge in [-0.05, 0) is 48.2 Å². The molecule has 4 heterocycles. The molecule has 0 bridgehead atoms. The fourth-order valence-corrected chi connectivity index (χ4v) is 4.08. The summed E-state index contributed by atoms with van der Waals surface area (Å²) in [5.41, 5.74) is 1.95. The van der Waals surface area contributed by atoms with E-state index in [2.05, 4.69) is 43.6 Å². The molecule has 3 aromatic rings. The van der Waals surface area contributed by atoms with Gasteiger partial charge in [-0.3, -0.25) is 10.3 Å². The van der Waals surface area contributed by atoms with Gasteiger partial charge < -0.3 is 5.32 Å². The SMILES string of the molecule is CNC1Nc2ncccc2C(c2ccns2)=NC1c1cccs1. The van der Waals surface area contributed by atoms with Crippen molar-refractivity contribution in [2.24, 2.45) is 4.99 Å². The summed E-state index contributed by atoms with van der Waals surface area (Å²) in [7, 11) is 1.94. The fraction of sp³-hybridized carbons (Fsp3) is 0.188. The number of thiophene rings is 1. The van der Waals surface area contributed by atoms with Crippen LogP contribution in [0.15, 0.2) is 53.1 Å². The maximum absolute atomic E-state index is 5.09. The minimum atomic E-state index is -0.0219. The predicted molar refractivity (Wildman–Crippen MR) is 95.5 cm³/mol. The molecule has 0 radical (unpaired) electrons. The molecule has 0 aromatic carbocycles. The summed E-state index contributed by atoms with van der Waals surface area (Å²) < 4.78 is 4.23. The van der Waals surface area contributed by atoms with Crippen molar-refractivity contribution in [2.45, 2.75) is 12.2 Å². The number of nitrogens with zero attached hydrogens (tertiary/aromatic N) is 3. The molecule has 2 unspecified atom stereocenters. The Morgan fingerprint density at radius 1 is 1.17 bits per heavy atom. The van der Waals surface area contributed by atoms with E-state index >= 15 is 0 Å². The van der Waals surface area contributed by atoms with Crippen molar-refractivity contribution in [2.75, 3.05) is 12.4 Å². The van der Waals surface area contributed by atoms with Crippen molar-refractivity contribution < 1.29 is 0 Å². The maximum Gasteiger partial charge on any atom is 0.136 e. The lowest BCUT2D eigenvalue weighted by Gasteiger charge is -2.22. The van der Waals surface area contributed by atoms with Crippen LogP contribution in [0.3, 0.4) is 0 Å². The second-order valence-electron chi connectivity index (χ2n) is 5.12. The van der Waals surface area contributed by atoms with Gasteiger partial charge in [-0.1, -0.05) is 6.07 Å². The molecule has 23 heavy (non-hydrogen) atoms. The van der Waals surface area contributed by atoms with Gasteiger partial charge in [0.25, 0.3) is 0 Å². The number of anilines is 1. The highest BCUT2D eigenvalue weighted by Gasteiger charge is 2.29. The molecule has 7 heteroatoms. The second-order valence-corrected chi connectivity index (χ2v) is 6.94. The Hall–Kier alpha value is -2.09. The van der Waals surface area contributed by atoms with E-state index in [1.807, 2.05) is 25.4 Å². The summed E-state index contributed by atoms with van der Waals surface area (Å²) in [6.07, 6.45) is 3.59. The number of hydrogen-bond acceptors (Lipinski definition) is 7. The van der Waals surface area contributed by atoms with Crippen LogP contribution >= 0.6 is 22.9 Å². The third-order valence-corrected chi connectivity index (χ3v) is 5.45. The Morgan fingerprint density at radius 2 is 2.13 bits per heavy atom. The van der Waals surface area contributed by atoms with Crippen molar-refractivity contribution in [3.63, 3.8) is 0 Å². The lowest BCUT2D eigenvalue weighted by Crippen LogP contribution is -2.38. The smallest absolute Gasteiger partial charge is 0.136 e. The Kier molecular flexibility index (Phi) is 3.90. The molecule has 116 valence electrons. The van der Waals surface area contributed by atoms with Gasteiger partial charge in [-0.25, -0.2) is 9.36 Å². The van der Waals surface area contributed by atoms with E-state index in [4.69, 9.17) is 4.99 Å². The number of aromatic nitrogens is 2. The highest BCUT2D eigenvalue weighted by Crippen LogP contribution is 2.33. The molecule has 5 nitrogen and oxygen atoms in total. The summed E-state index contributed by atoms with van der Waals surface area (Å²) in [5.74, 6) is 0.845. The van der Waals surface area contributed by atoms with E-state index in [9.17, 15) is 0 Å². The van der Waals surface area contributed by atoms with Gasteiger partial charge in [0.2, 0.25) is 0 Å². The van der Waals surface area contributed by atoms with Gasteiger partial charge in [-0.15, -0.1) is 11.3 Å². The van der Waals surface area contributed by atoms with Gasteiger partial charge in [0.15, 0.2) is 0 Å². The zero-order chi connectivity index (χ0) is 15.6. The van der Waals surface area contributed by atoms with Crippen molar-refractivity contribution in [3.8, 4) is 0 Å². The summed E-state index contributed by atoms with van der Waals surface area (Å²) in [5, 5.41) is 8.90. The summed E-state index contributed by atoms with van der Waals surface area (Å²) >= 11 is 3.17. The van der Waals surface area contributed by atoms with Crippen LogP contribution in [0.1, 0.15) is 21.4 Å². The Morgan fingerprint density at radius 3 is 2.87 bits per heavy atom. The Labute approximate surface area is 142 Å². The monoisotopic (exact) mass is 341 g/mol. The van der Waals surface area contributed by atoms with Crippen LogP contribution in [0.2, 0.25) is 0 Å². The van der Waals surface area contributed by atoms with Crippen molar-refractivity contribution >= 4 is 34.4 Å². The molecule has 0 spiro atoms. The minimum absolute atomic E-state index is 0.0206. The van der Waals surface area contributed by atoms with Gasteiger partial charge in [-0.2, -0.15) is 0 Å². The molecule has 1 aliphatic rings. The molecular weight excluding hydrogens is 326 g/mol. The van der Waals surface area contributed by atoms with Crippen molar-refractivity contribution in [3.05, 3.63) is 63.4 Å². The van der Waals surface area contributed by atoms with Crippen LogP contribution < -0.4 is 10.6 Å². The van der Waals surface area contributed by atoms with Crippen LogP contribution in [0, 0.1) is 0 Å². The van der Waals surface area contributed by atoms with E-state index in [1.54, 1.807) is 17.5 Å². The van der Waals surface area contributed by atoms with Crippen LogP contribution in [0.5, 0.6) is 0 Å². The number of hydrogen-bond donors (Lipinski definition) is 2. The highest BCUT2D eigenvalue weighted by molar-refractivity contribution is 7.10. The molecule has 1 aliphatic heterocycles. The van der Waals surface area contributed by atoms with Crippen LogP contribution in [-0.2, 0) is 0 Å². The molecule has 3 aromatic heterocycles. The van der Waals surface area contributed by atoms with Crippen molar-refractivity contribution in [1.82, 2.24) is 14.7 Å². The molecule has 0 saturated carbocycles. The largest absolute Gasteiger partial charge is 0.352 e. The van der Waals surface area contributed by atoms with E-state index in [0.29, 0.717) is 0 Å². The number of likely N-dealkylation sites (N-methyl/N-ethyl adjacent to an activating group) is 1. The molecule has 2 atom stereocenters. The quantitative estimate of drug-likeness (QED) is 0.768. The van der Waals surface area contributed by atoms with Gasteiger partial charge in [0.1, 0.15) is 18.0 Å². The first-order valence-electron chi connectivity index (χ1n) is 7.28. The first-order chi connectivity index (χ1) is 11.4. The average molecular weight is 341 g/mol. The first kappa shape index (κ1) is 14.5. The van der Waals surface area contributed by atoms with E-state index in [-0.39, 0.29) is 12.2 Å². The maximum atomic E-state index is 5.09. The number of aliphatic imine (C=N–C) groups is 1. The van der Waals surface area contributed by atoms with Crippen LogP contribution in [0.25, 0.3) is 0 Å². The van der Waals surface area contributed by atoms with E-state index in [1.165, 1.54) is 16.4 Å². The van der Waals surface area contributed by atoms with E-state index in [0.717, 1.165) is 22.0 Å². The zero-order valence-electron chi connectivity index (χ0n) is 12.4. The molecule has 0 aliphatic carbocycles. The molecule has 0 saturated heterocycles.